The Morgan fingerprint density at radius 3 is 2.71 bits per heavy atom. The van der Waals surface area contributed by atoms with Crippen LogP contribution in [0.4, 0.5) is 5.69 Å². The number of nitrogens with zero attached hydrogens (tertiary/aromatic N) is 1. The summed E-state index contributed by atoms with van der Waals surface area (Å²) in [4.78, 5) is -0.0354. The largest absolute Gasteiger partial charge is 0.398 e. The lowest BCUT2D eigenvalue weighted by Gasteiger charge is -2.27. The molecule has 0 radical (unpaired) electrons. The van der Waals surface area contributed by atoms with Crippen molar-refractivity contribution in [2.45, 2.75) is 36.7 Å². The zero-order valence-corrected chi connectivity index (χ0v) is 12.4. The van der Waals surface area contributed by atoms with Gasteiger partial charge in [0.1, 0.15) is 4.90 Å². The number of nitrogens with two attached hydrogens (primary N) is 1. The van der Waals surface area contributed by atoms with Crippen molar-refractivity contribution in [3.05, 3.63) is 23.8 Å². The summed E-state index contributed by atoms with van der Waals surface area (Å²) in [5.74, 6) is -0.0619. The van der Waals surface area contributed by atoms with Crippen LogP contribution in [0.1, 0.15) is 31.2 Å². The van der Waals surface area contributed by atoms with Gasteiger partial charge in [0.05, 0.1) is 23.4 Å². The van der Waals surface area contributed by atoms with E-state index in [-0.39, 0.29) is 23.0 Å². The van der Waals surface area contributed by atoms with Crippen molar-refractivity contribution in [3.8, 4) is 6.07 Å². The second-order valence-electron chi connectivity index (χ2n) is 5.33. The van der Waals surface area contributed by atoms with Crippen LogP contribution in [0.5, 0.6) is 0 Å². The van der Waals surface area contributed by atoms with Crippen molar-refractivity contribution < 1.29 is 13.5 Å². The summed E-state index contributed by atoms with van der Waals surface area (Å²) in [7, 11) is -3.73. The molecular formula is C14H19N3O3S. The first-order valence-corrected chi connectivity index (χ1v) is 8.39. The first kappa shape index (κ1) is 15.8. The third kappa shape index (κ3) is 3.73. The fraction of sp³-hybridized carbons (Fsp3) is 0.500. The monoisotopic (exact) mass is 309 g/mol. The first-order valence-electron chi connectivity index (χ1n) is 6.91. The van der Waals surface area contributed by atoms with Gasteiger partial charge in [-0.3, -0.25) is 0 Å². The molecule has 7 heteroatoms. The Hall–Kier alpha value is -1.62. The van der Waals surface area contributed by atoms with E-state index in [1.807, 2.05) is 6.07 Å². The first-order chi connectivity index (χ1) is 9.94. The topological polar surface area (TPSA) is 116 Å². The molecule has 1 saturated carbocycles. The highest BCUT2D eigenvalue weighted by atomic mass is 32.2. The molecule has 2 atom stereocenters. The van der Waals surface area contributed by atoms with E-state index in [2.05, 4.69) is 4.72 Å². The molecular weight excluding hydrogens is 290 g/mol. The number of nitrogen functional groups attached to an aromatic ring is 1. The summed E-state index contributed by atoms with van der Waals surface area (Å²) in [5, 5.41) is 18.6. The van der Waals surface area contributed by atoms with Crippen molar-refractivity contribution in [2.24, 2.45) is 5.92 Å². The predicted octanol–water partition coefficient (Wildman–Crippen LogP) is 0.970. The second-order valence-corrected chi connectivity index (χ2v) is 7.06. The Morgan fingerprint density at radius 1 is 1.38 bits per heavy atom. The van der Waals surface area contributed by atoms with Gasteiger partial charge in [-0.15, -0.1) is 0 Å². The van der Waals surface area contributed by atoms with Crippen LogP contribution in [0.25, 0.3) is 0 Å². The van der Waals surface area contributed by atoms with Crippen LogP contribution in [0.3, 0.4) is 0 Å². The van der Waals surface area contributed by atoms with E-state index in [1.165, 1.54) is 18.2 Å². The van der Waals surface area contributed by atoms with Gasteiger partial charge in [0, 0.05) is 6.54 Å². The highest BCUT2D eigenvalue weighted by Gasteiger charge is 2.25. The van der Waals surface area contributed by atoms with Crippen LogP contribution >= 0.6 is 0 Å². The van der Waals surface area contributed by atoms with Crippen molar-refractivity contribution >= 4 is 15.7 Å². The number of rotatable bonds is 4. The molecule has 0 spiro atoms. The molecule has 2 rings (SSSR count). The lowest BCUT2D eigenvalue weighted by atomic mass is 9.87. The molecule has 21 heavy (non-hydrogen) atoms. The predicted molar refractivity (Wildman–Crippen MR) is 78.7 cm³/mol. The third-order valence-corrected chi connectivity index (χ3v) is 5.33. The SMILES string of the molecule is N#Cc1ccc(S(=O)(=O)NCC2CCCCC2O)c(N)c1. The van der Waals surface area contributed by atoms with Crippen LogP contribution in [0, 0.1) is 17.2 Å². The molecule has 0 amide bonds. The third-order valence-electron chi connectivity index (χ3n) is 3.83. The van der Waals surface area contributed by atoms with Gasteiger partial charge in [-0.1, -0.05) is 12.8 Å². The summed E-state index contributed by atoms with van der Waals surface area (Å²) in [5.41, 5.74) is 6.06. The number of anilines is 1. The maximum atomic E-state index is 12.2. The number of nitrogens with one attached hydrogen (secondary N) is 1. The van der Waals surface area contributed by atoms with Gasteiger partial charge >= 0.3 is 0 Å². The molecule has 114 valence electrons. The number of hydrogen-bond donors (Lipinski definition) is 3. The van der Waals surface area contributed by atoms with E-state index in [9.17, 15) is 13.5 Å². The van der Waals surface area contributed by atoms with Gasteiger partial charge in [-0.05, 0) is 37.0 Å². The molecule has 0 saturated heterocycles. The normalized spacial score (nSPS) is 22.7. The molecule has 1 aromatic rings. The smallest absolute Gasteiger partial charge is 0.242 e. The van der Waals surface area contributed by atoms with Crippen LogP contribution in [0.15, 0.2) is 23.1 Å². The molecule has 0 bridgehead atoms. The number of hydrogen-bond acceptors (Lipinski definition) is 5. The second kappa shape index (κ2) is 6.43. The molecule has 2 unspecified atom stereocenters. The van der Waals surface area contributed by atoms with Crippen LogP contribution in [-0.4, -0.2) is 26.2 Å². The van der Waals surface area contributed by atoms with E-state index < -0.39 is 16.1 Å². The molecule has 4 N–H and O–H groups in total. The summed E-state index contributed by atoms with van der Waals surface area (Å²) in [6.07, 6.45) is 3.05. The Bertz CT molecular complexity index is 652. The molecule has 0 aliphatic heterocycles. The minimum absolute atomic E-state index is 0.0354. The lowest BCUT2D eigenvalue weighted by Crippen LogP contribution is -2.36. The average molecular weight is 309 g/mol. The summed E-state index contributed by atoms with van der Waals surface area (Å²) in [6, 6.07) is 5.99. The molecule has 0 heterocycles. The molecule has 1 aliphatic carbocycles. The summed E-state index contributed by atoms with van der Waals surface area (Å²) >= 11 is 0. The van der Waals surface area contributed by atoms with E-state index in [1.54, 1.807) is 0 Å². The Kier molecular flexibility index (Phi) is 4.83. The van der Waals surface area contributed by atoms with Gasteiger partial charge < -0.3 is 10.8 Å². The van der Waals surface area contributed by atoms with Gasteiger partial charge in [0.2, 0.25) is 10.0 Å². The van der Waals surface area contributed by atoms with Gasteiger partial charge in [0.25, 0.3) is 0 Å². The molecule has 1 aliphatic rings. The Labute approximate surface area is 124 Å². The summed E-state index contributed by atoms with van der Waals surface area (Å²) in [6.45, 7) is 0.197. The van der Waals surface area contributed by atoms with Gasteiger partial charge in [-0.25, -0.2) is 13.1 Å². The zero-order chi connectivity index (χ0) is 15.5. The fourth-order valence-electron chi connectivity index (χ4n) is 2.58. The fourth-order valence-corrected chi connectivity index (χ4v) is 3.79. The van der Waals surface area contributed by atoms with E-state index in [4.69, 9.17) is 11.0 Å². The Morgan fingerprint density at radius 2 is 2.10 bits per heavy atom. The maximum Gasteiger partial charge on any atom is 0.242 e. The average Bonchev–Trinajstić information content (AvgIpc) is 2.46. The lowest BCUT2D eigenvalue weighted by molar-refractivity contribution is 0.0724. The number of benzene rings is 1. The molecule has 0 aromatic heterocycles. The number of aliphatic hydroxyl groups is 1. The van der Waals surface area contributed by atoms with Crippen molar-refractivity contribution in [3.63, 3.8) is 0 Å². The number of sulfonamides is 1. The van der Waals surface area contributed by atoms with Crippen LogP contribution in [0.2, 0.25) is 0 Å². The quantitative estimate of drug-likeness (QED) is 0.717. The highest BCUT2D eigenvalue weighted by molar-refractivity contribution is 7.89. The van der Waals surface area contributed by atoms with Gasteiger partial charge in [-0.2, -0.15) is 5.26 Å². The molecule has 1 aromatic carbocycles. The van der Waals surface area contributed by atoms with E-state index in [0.717, 1.165) is 19.3 Å². The standard InChI is InChI=1S/C14H19N3O3S/c15-8-10-5-6-14(12(16)7-10)21(19,20)17-9-11-3-1-2-4-13(11)18/h5-7,11,13,17-18H,1-4,9,16H2. The molecule has 1 fully saturated rings. The summed E-state index contributed by atoms with van der Waals surface area (Å²) < 4.78 is 27.0. The minimum atomic E-state index is -3.73. The number of nitriles is 1. The van der Waals surface area contributed by atoms with E-state index >= 15 is 0 Å². The maximum absolute atomic E-state index is 12.2. The van der Waals surface area contributed by atoms with E-state index in [0.29, 0.717) is 12.0 Å². The van der Waals surface area contributed by atoms with Crippen molar-refractivity contribution in [1.82, 2.24) is 4.72 Å². The van der Waals surface area contributed by atoms with Crippen molar-refractivity contribution in [2.75, 3.05) is 12.3 Å². The highest BCUT2D eigenvalue weighted by Crippen LogP contribution is 2.25. The van der Waals surface area contributed by atoms with Crippen LogP contribution < -0.4 is 10.5 Å². The zero-order valence-electron chi connectivity index (χ0n) is 11.6. The Balaban J connectivity index is 2.10. The number of aliphatic hydroxyl groups excluding tert-OH is 1. The molecule has 6 nitrogen and oxygen atoms in total. The minimum Gasteiger partial charge on any atom is -0.398 e. The van der Waals surface area contributed by atoms with Crippen LogP contribution in [-0.2, 0) is 10.0 Å². The van der Waals surface area contributed by atoms with Crippen molar-refractivity contribution in [1.29, 1.82) is 5.26 Å². The van der Waals surface area contributed by atoms with Gasteiger partial charge in [0.15, 0.2) is 0 Å².